The van der Waals surface area contributed by atoms with Crippen molar-refractivity contribution in [3.63, 3.8) is 0 Å². The van der Waals surface area contributed by atoms with Gasteiger partial charge in [0.25, 0.3) is 5.91 Å². The summed E-state index contributed by atoms with van der Waals surface area (Å²) in [5, 5.41) is 12.8. The van der Waals surface area contributed by atoms with Crippen LogP contribution in [0.15, 0.2) is 24.3 Å². The van der Waals surface area contributed by atoms with Crippen LogP contribution in [0.25, 0.3) is 0 Å². The van der Waals surface area contributed by atoms with Gasteiger partial charge in [0.2, 0.25) is 0 Å². The summed E-state index contributed by atoms with van der Waals surface area (Å²) < 4.78 is 0. The Morgan fingerprint density at radius 3 is 2.92 bits per heavy atom. The minimum atomic E-state index is -0.143. The summed E-state index contributed by atoms with van der Waals surface area (Å²) in [5.41, 5.74) is 1.06. The summed E-state index contributed by atoms with van der Waals surface area (Å²) in [6, 6.07) is 6.92. The lowest BCUT2D eigenvalue weighted by atomic mass is 10.1. The van der Waals surface area contributed by atoms with E-state index in [4.69, 9.17) is 0 Å². The second kappa shape index (κ2) is 2.49. The molecule has 0 saturated carbocycles. The summed E-state index contributed by atoms with van der Waals surface area (Å²) in [4.78, 5) is 11.2. The van der Waals surface area contributed by atoms with E-state index >= 15 is 0 Å². The van der Waals surface area contributed by atoms with Crippen LogP contribution < -0.4 is 10.4 Å². The first-order chi connectivity index (χ1) is 5.79. The number of carbonyl (C=O) groups excluding carboxylic acids is 1. The van der Waals surface area contributed by atoms with Crippen molar-refractivity contribution in [3.05, 3.63) is 29.8 Å². The molecule has 0 bridgehead atoms. The topological polar surface area (TPSA) is 52.6 Å². The number of nitrogens with one attached hydrogen (secondary N) is 1. The number of rotatable bonds is 0. The molecule has 0 unspecified atom stereocenters. The molecule has 2 N–H and O–H groups in total. The highest BCUT2D eigenvalue weighted by Crippen LogP contribution is 2.20. The highest BCUT2D eigenvalue weighted by atomic mass is 16.5. The molecular formula is C8H8N2O2. The first kappa shape index (κ1) is 7.12. The molecule has 0 aliphatic carbocycles. The fourth-order valence-corrected chi connectivity index (χ4v) is 1.22. The van der Waals surface area contributed by atoms with Crippen LogP contribution in [0.1, 0.15) is 10.4 Å². The van der Waals surface area contributed by atoms with Gasteiger partial charge in [-0.25, -0.2) is 5.06 Å². The molecule has 4 nitrogen and oxygen atoms in total. The van der Waals surface area contributed by atoms with E-state index in [-0.39, 0.29) is 12.6 Å². The Morgan fingerprint density at radius 2 is 2.17 bits per heavy atom. The van der Waals surface area contributed by atoms with E-state index in [1.807, 2.05) is 0 Å². The quantitative estimate of drug-likeness (QED) is 0.589. The van der Waals surface area contributed by atoms with Crippen molar-refractivity contribution in [2.45, 2.75) is 0 Å². The molecular weight excluding hydrogens is 156 g/mol. The molecule has 0 aromatic heterocycles. The summed E-state index contributed by atoms with van der Waals surface area (Å²) >= 11 is 0. The average Bonchev–Trinajstić information content (AvgIpc) is 2.12. The van der Waals surface area contributed by atoms with Crippen molar-refractivity contribution >= 4 is 11.6 Å². The van der Waals surface area contributed by atoms with E-state index in [0.29, 0.717) is 11.3 Å². The number of fused-ring (bicyclic) bond motifs is 1. The largest absolute Gasteiger partial charge is 0.332 e. The minimum absolute atomic E-state index is 0.143. The number of para-hydroxylation sites is 1. The summed E-state index contributed by atoms with van der Waals surface area (Å²) in [6.07, 6.45) is 0. The molecule has 62 valence electrons. The number of benzene rings is 1. The second-order valence-corrected chi connectivity index (χ2v) is 2.58. The van der Waals surface area contributed by atoms with Crippen LogP contribution in [-0.2, 0) is 0 Å². The molecule has 1 aromatic carbocycles. The Balaban J connectivity index is 2.55. The smallest absolute Gasteiger partial charge is 0.254 e. The van der Waals surface area contributed by atoms with Crippen LogP contribution in [0, 0.1) is 0 Å². The lowest BCUT2D eigenvalue weighted by Gasteiger charge is -2.24. The number of carbonyl (C=O) groups is 1. The van der Waals surface area contributed by atoms with Crippen LogP contribution in [0.4, 0.5) is 5.69 Å². The van der Waals surface area contributed by atoms with Crippen molar-refractivity contribution in [2.24, 2.45) is 0 Å². The van der Waals surface area contributed by atoms with Crippen molar-refractivity contribution in [2.75, 3.05) is 11.7 Å². The fraction of sp³-hybridized carbons (Fsp3) is 0.125. The third kappa shape index (κ3) is 0.931. The molecule has 1 heterocycles. The first-order valence-electron chi connectivity index (χ1n) is 3.62. The molecule has 2 rings (SSSR count). The third-order valence-electron chi connectivity index (χ3n) is 1.82. The van der Waals surface area contributed by atoms with Crippen molar-refractivity contribution in [1.82, 2.24) is 5.32 Å². The van der Waals surface area contributed by atoms with Crippen molar-refractivity contribution in [1.29, 1.82) is 0 Å². The van der Waals surface area contributed by atoms with E-state index in [1.54, 1.807) is 24.3 Å². The fourth-order valence-electron chi connectivity index (χ4n) is 1.22. The Morgan fingerprint density at radius 1 is 1.42 bits per heavy atom. The zero-order chi connectivity index (χ0) is 8.55. The molecule has 0 spiro atoms. The van der Waals surface area contributed by atoms with Crippen LogP contribution >= 0.6 is 0 Å². The van der Waals surface area contributed by atoms with Gasteiger partial charge in [-0.15, -0.1) is 0 Å². The first-order valence-corrected chi connectivity index (χ1v) is 3.62. The monoisotopic (exact) mass is 164 g/mol. The molecule has 1 aromatic rings. The van der Waals surface area contributed by atoms with Gasteiger partial charge in [0.1, 0.15) is 6.67 Å². The predicted octanol–water partition coefficient (Wildman–Crippen LogP) is 0.583. The molecule has 0 fully saturated rings. The van der Waals surface area contributed by atoms with Gasteiger partial charge in [-0.3, -0.25) is 10.0 Å². The molecule has 4 heteroatoms. The van der Waals surface area contributed by atoms with Gasteiger partial charge < -0.3 is 5.32 Å². The molecule has 0 saturated heterocycles. The second-order valence-electron chi connectivity index (χ2n) is 2.58. The van der Waals surface area contributed by atoms with E-state index < -0.39 is 0 Å². The Bertz CT molecular complexity index is 325. The number of hydrogen-bond acceptors (Lipinski definition) is 3. The SMILES string of the molecule is O=C1NCN(O)c2ccccc21. The van der Waals surface area contributed by atoms with E-state index in [1.165, 1.54) is 0 Å². The standard InChI is InChI=1S/C8H8N2O2/c11-8-6-3-1-2-4-7(6)10(12)5-9-8/h1-4,12H,5H2,(H,9,11). The number of hydroxylamine groups is 1. The van der Waals surface area contributed by atoms with E-state index in [0.717, 1.165) is 5.06 Å². The molecule has 1 amide bonds. The maximum Gasteiger partial charge on any atom is 0.254 e. The minimum Gasteiger partial charge on any atom is -0.332 e. The zero-order valence-corrected chi connectivity index (χ0v) is 6.32. The van der Waals surface area contributed by atoms with Crippen LogP contribution in [0.5, 0.6) is 0 Å². The Kier molecular flexibility index (Phi) is 1.48. The number of anilines is 1. The highest BCUT2D eigenvalue weighted by molar-refractivity contribution is 6.01. The van der Waals surface area contributed by atoms with Gasteiger partial charge in [0.05, 0.1) is 11.3 Å². The Hall–Kier alpha value is -1.55. The number of hydrogen-bond donors (Lipinski definition) is 2. The molecule has 0 atom stereocenters. The lowest BCUT2D eigenvalue weighted by Crippen LogP contribution is -2.41. The average molecular weight is 164 g/mol. The van der Waals surface area contributed by atoms with Gasteiger partial charge in [0.15, 0.2) is 0 Å². The van der Waals surface area contributed by atoms with Crippen molar-refractivity contribution < 1.29 is 10.0 Å². The van der Waals surface area contributed by atoms with Crippen LogP contribution in [-0.4, -0.2) is 17.8 Å². The lowest BCUT2D eigenvalue weighted by molar-refractivity contribution is 0.0921. The van der Waals surface area contributed by atoms with Gasteiger partial charge in [-0.05, 0) is 12.1 Å². The van der Waals surface area contributed by atoms with Gasteiger partial charge in [-0.1, -0.05) is 12.1 Å². The highest BCUT2D eigenvalue weighted by Gasteiger charge is 2.19. The van der Waals surface area contributed by atoms with Gasteiger partial charge in [0, 0.05) is 0 Å². The molecule has 12 heavy (non-hydrogen) atoms. The van der Waals surface area contributed by atoms with E-state index in [2.05, 4.69) is 5.32 Å². The Labute approximate surface area is 69.4 Å². The van der Waals surface area contributed by atoms with Gasteiger partial charge in [-0.2, -0.15) is 0 Å². The third-order valence-corrected chi connectivity index (χ3v) is 1.82. The van der Waals surface area contributed by atoms with Crippen molar-refractivity contribution in [3.8, 4) is 0 Å². The van der Waals surface area contributed by atoms with Crippen LogP contribution in [0.3, 0.4) is 0 Å². The molecule has 0 radical (unpaired) electrons. The molecule has 1 aliphatic rings. The number of amides is 1. The summed E-state index contributed by atoms with van der Waals surface area (Å²) in [7, 11) is 0. The van der Waals surface area contributed by atoms with E-state index in [9.17, 15) is 10.0 Å². The summed E-state index contributed by atoms with van der Waals surface area (Å²) in [5.74, 6) is -0.143. The molecule has 1 aliphatic heterocycles. The maximum atomic E-state index is 11.2. The van der Waals surface area contributed by atoms with Crippen LogP contribution in [0.2, 0.25) is 0 Å². The number of nitrogens with zero attached hydrogens (tertiary/aromatic N) is 1. The van der Waals surface area contributed by atoms with Gasteiger partial charge >= 0.3 is 0 Å². The maximum absolute atomic E-state index is 11.2. The summed E-state index contributed by atoms with van der Waals surface area (Å²) in [6.45, 7) is 0.149. The normalized spacial score (nSPS) is 15.4. The predicted molar refractivity (Wildman–Crippen MR) is 43.0 cm³/mol. The zero-order valence-electron chi connectivity index (χ0n) is 6.32.